The number of halogens is 1. The normalized spacial score (nSPS) is 13.0. The number of ether oxygens (including phenoxy) is 2. The van der Waals surface area contributed by atoms with Crippen molar-refractivity contribution in [2.45, 2.75) is 0 Å². The van der Waals surface area contributed by atoms with Gasteiger partial charge in [0.1, 0.15) is 5.88 Å². The summed E-state index contributed by atoms with van der Waals surface area (Å²) in [6.45, 7) is 0.206. The predicted octanol–water partition coefficient (Wildman–Crippen LogP) is 2.00. The number of carbonyl (C=O) groups is 1. The molecule has 0 N–H and O–H groups in total. The van der Waals surface area contributed by atoms with Gasteiger partial charge in [-0.15, -0.1) is 11.6 Å². The molecule has 0 aliphatic carbocycles. The fraction of sp³-hybridized carbons (Fsp3) is 0.111. The Hall–Kier alpha value is -1.22. The lowest BCUT2D eigenvalue weighted by Crippen LogP contribution is -1.95. The maximum absolute atomic E-state index is 11.1. The van der Waals surface area contributed by atoms with Crippen molar-refractivity contribution in [1.29, 1.82) is 0 Å². The van der Waals surface area contributed by atoms with E-state index in [0.717, 1.165) is 5.88 Å². The molecular formula is C9H6ClO3. The van der Waals surface area contributed by atoms with Crippen molar-refractivity contribution in [2.24, 2.45) is 0 Å². The molecule has 13 heavy (non-hydrogen) atoms. The highest BCUT2D eigenvalue weighted by Crippen LogP contribution is 2.32. The fourth-order valence-corrected chi connectivity index (χ4v) is 1.24. The van der Waals surface area contributed by atoms with Gasteiger partial charge in [-0.1, -0.05) is 0 Å². The van der Waals surface area contributed by atoms with E-state index in [4.69, 9.17) is 21.1 Å². The number of hydrogen-bond acceptors (Lipinski definition) is 3. The van der Waals surface area contributed by atoms with Gasteiger partial charge in [-0.05, 0) is 18.2 Å². The molecule has 1 aliphatic rings. The summed E-state index contributed by atoms with van der Waals surface area (Å²) in [5.74, 6) is 2.01. The number of hydrogen-bond donors (Lipinski definition) is 0. The summed E-state index contributed by atoms with van der Waals surface area (Å²) in [4.78, 5) is 11.1. The molecule has 1 aromatic rings. The highest BCUT2D eigenvalue weighted by atomic mass is 35.5. The van der Waals surface area contributed by atoms with Crippen LogP contribution in [0.1, 0.15) is 10.4 Å². The van der Waals surface area contributed by atoms with Crippen LogP contribution in [-0.4, -0.2) is 12.6 Å². The Balaban J connectivity index is 2.36. The largest absolute Gasteiger partial charge is 0.454 e. The molecule has 0 saturated heterocycles. The molecule has 1 radical (unpaired) electrons. The third kappa shape index (κ3) is 1.47. The molecule has 4 heteroatoms. The summed E-state index contributed by atoms with van der Waals surface area (Å²) < 4.78 is 10.2. The first-order valence-electron chi connectivity index (χ1n) is 3.68. The van der Waals surface area contributed by atoms with Crippen molar-refractivity contribution in [2.75, 3.05) is 6.79 Å². The van der Waals surface area contributed by atoms with E-state index in [-0.39, 0.29) is 12.6 Å². The topological polar surface area (TPSA) is 35.5 Å². The maximum Gasteiger partial charge on any atom is 0.231 e. The first-order valence-corrected chi connectivity index (χ1v) is 4.12. The number of fused-ring (bicyclic) bond motifs is 1. The standard InChI is InChI=1S/C9H6ClO3/c10-4-7(11)6-1-2-8-9(3-6)13-5-12-8/h1-4H,5H2. The molecule has 0 spiro atoms. The van der Waals surface area contributed by atoms with Crippen LogP contribution in [0.5, 0.6) is 11.5 Å². The second-order valence-corrected chi connectivity index (χ2v) is 2.76. The van der Waals surface area contributed by atoms with E-state index in [0.29, 0.717) is 17.1 Å². The van der Waals surface area contributed by atoms with Crippen LogP contribution < -0.4 is 9.47 Å². The number of benzene rings is 1. The van der Waals surface area contributed by atoms with Crippen LogP contribution >= 0.6 is 11.6 Å². The van der Waals surface area contributed by atoms with Crippen molar-refractivity contribution in [3.05, 3.63) is 29.6 Å². The molecule has 0 atom stereocenters. The third-order valence-corrected chi connectivity index (χ3v) is 1.95. The average molecular weight is 198 g/mol. The summed E-state index contributed by atoms with van der Waals surface area (Å²) in [7, 11) is 0. The first-order chi connectivity index (χ1) is 6.31. The summed E-state index contributed by atoms with van der Waals surface area (Å²) in [6, 6.07) is 4.95. The molecule has 0 saturated carbocycles. The number of carbonyl (C=O) groups excluding carboxylic acids is 1. The molecule has 1 aromatic carbocycles. The van der Waals surface area contributed by atoms with Gasteiger partial charge in [0.15, 0.2) is 17.3 Å². The van der Waals surface area contributed by atoms with Crippen molar-refractivity contribution in [3.63, 3.8) is 0 Å². The van der Waals surface area contributed by atoms with Crippen LogP contribution in [0, 0.1) is 5.88 Å². The van der Waals surface area contributed by atoms with Gasteiger partial charge in [0, 0.05) is 5.56 Å². The van der Waals surface area contributed by atoms with Gasteiger partial charge in [-0.25, -0.2) is 0 Å². The summed E-state index contributed by atoms with van der Waals surface area (Å²) in [5.41, 5.74) is 0.499. The van der Waals surface area contributed by atoms with E-state index in [1.165, 1.54) is 0 Å². The molecule has 0 unspecified atom stereocenters. The fourth-order valence-electron chi connectivity index (χ4n) is 1.11. The zero-order chi connectivity index (χ0) is 9.26. The second-order valence-electron chi connectivity index (χ2n) is 2.54. The second kappa shape index (κ2) is 3.26. The zero-order valence-electron chi connectivity index (χ0n) is 6.62. The minimum absolute atomic E-state index is 0.206. The van der Waals surface area contributed by atoms with Crippen molar-refractivity contribution in [1.82, 2.24) is 0 Å². The Morgan fingerprint density at radius 1 is 1.38 bits per heavy atom. The van der Waals surface area contributed by atoms with Crippen LogP contribution in [0.2, 0.25) is 0 Å². The van der Waals surface area contributed by atoms with E-state index >= 15 is 0 Å². The Morgan fingerprint density at radius 3 is 2.92 bits per heavy atom. The molecular weight excluding hydrogens is 192 g/mol. The highest BCUT2D eigenvalue weighted by Gasteiger charge is 2.15. The molecule has 0 fully saturated rings. The van der Waals surface area contributed by atoms with Crippen LogP contribution in [0.3, 0.4) is 0 Å². The van der Waals surface area contributed by atoms with E-state index in [9.17, 15) is 4.79 Å². The van der Waals surface area contributed by atoms with Crippen LogP contribution in [0.15, 0.2) is 18.2 Å². The number of rotatable bonds is 2. The lowest BCUT2D eigenvalue weighted by molar-refractivity contribution is 0.103. The van der Waals surface area contributed by atoms with E-state index < -0.39 is 0 Å². The quantitative estimate of drug-likeness (QED) is 0.681. The van der Waals surface area contributed by atoms with Gasteiger partial charge in [-0.3, -0.25) is 4.79 Å². The Bertz CT molecular complexity index is 349. The van der Waals surface area contributed by atoms with Gasteiger partial charge in [0.25, 0.3) is 0 Å². The summed E-state index contributed by atoms with van der Waals surface area (Å²) >= 11 is 5.29. The number of ketones is 1. The first kappa shape index (κ1) is 8.38. The Labute approximate surface area is 80.2 Å². The molecule has 0 bridgehead atoms. The zero-order valence-corrected chi connectivity index (χ0v) is 7.38. The minimum atomic E-state index is -0.236. The third-order valence-electron chi connectivity index (χ3n) is 1.76. The predicted molar refractivity (Wildman–Crippen MR) is 47.0 cm³/mol. The van der Waals surface area contributed by atoms with Crippen LogP contribution in [0.4, 0.5) is 0 Å². The Morgan fingerprint density at radius 2 is 2.15 bits per heavy atom. The average Bonchev–Trinajstić information content (AvgIpc) is 2.63. The van der Waals surface area contributed by atoms with Gasteiger partial charge >= 0.3 is 0 Å². The molecule has 3 nitrogen and oxygen atoms in total. The van der Waals surface area contributed by atoms with E-state index in [1.807, 2.05) is 0 Å². The molecule has 0 amide bonds. The van der Waals surface area contributed by atoms with Gasteiger partial charge in [-0.2, -0.15) is 0 Å². The van der Waals surface area contributed by atoms with Crippen LogP contribution in [-0.2, 0) is 0 Å². The van der Waals surface area contributed by atoms with E-state index in [1.54, 1.807) is 18.2 Å². The highest BCUT2D eigenvalue weighted by molar-refractivity contribution is 6.37. The van der Waals surface area contributed by atoms with Gasteiger partial charge in [0.05, 0.1) is 0 Å². The van der Waals surface area contributed by atoms with Gasteiger partial charge in [0.2, 0.25) is 6.79 Å². The molecule has 2 rings (SSSR count). The van der Waals surface area contributed by atoms with Crippen LogP contribution in [0.25, 0.3) is 0 Å². The molecule has 1 aliphatic heterocycles. The molecule has 1 heterocycles. The lowest BCUT2D eigenvalue weighted by atomic mass is 10.1. The maximum atomic E-state index is 11.1. The SMILES string of the molecule is O=C([CH]Cl)c1ccc2c(c1)OCO2. The van der Waals surface area contributed by atoms with Crippen molar-refractivity contribution in [3.8, 4) is 11.5 Å². The minimum Gasteiger partial charge on any atom is -0.454 e. The van der Waals surface area contributed by atoms with Crippen molar-refractivity contribution < 1.29 is 14.3 Å². The molecule has 67 valence electrons. The monoisotopic (exact) mass is 197 g/mol. The summed E-state index contributed by atoms with van der Waals surface area (Å²) in [6.07, 6.45) is 0. The lowest BCUT2D eigenvalue weighted by Gasteiger charge is -1.98. The smallest absolute Gasteiger partial charge is 0.231 e. The molecule has 0 aromatic heterocycles. The van der Waals surface area contributed by atoms with E-state index in [2.05, 4.69) is 0 Å². The number of Topliss-reactive ketones (excluding diaryl/α,β-unsaturated/α-hetero) is 1. The van der Waals surface area contributed by atoms with Gasteiger partial charge < -0.3 is 9.47 Å². The van der Waals surface area contributed by atoms with Crippen molar-refractivity contribution >= 4 is 17.4 Å². The summed E-state index contributed by atoms with van der Waals surface area (Å²) in [5, 5.41) is 0. The Kier molecular flexibility index (Phi) is 2.10.